The minimum atomic E-state index is -2.16. The molecule has 2 N–H and O–H groups in total. The summed E-state index contributed by atoms with van der Waals surface area (Å²) in [6.45, 7) is 18.0. The molecule has 1 aliphatic heterocycles. The van der Waals surface area contributed by atoms with E-state index < -0.39 is 43.6 Å². The molecule has 1 heterocycles. The highest BCUT2D eigenvalue weighted by Gasteiger charge is 2.52. The first-order valence-electron chi connectivity index (χ1n) is 10.0. The second-order valence-corrected chi connectivity index (χ2v) is 15.2. The van der Waals surface area contributed by atoms with Crippen LogP contribution in [0.1, 0.15) is 61.3 Å². The zero-order valence-electron chi connectivity index (χ0n) is 19.0. The van der Waals surface area contributed by atoms with E-state index in [2.05, 4.69) is 33.9 Å². The Balaban J connectivity index is 2.91. The van der Waals surface area contributed by atoms with Crippen molar-refractivity contribution in [3.63, 3.8) is 0 Å². The topological polar surface area (TPSA) is 96.3 Å². The molecule has 1 aliphatic rings. The van der Waals surface area contributed by atoms with Gasteiger partial charge in [0.2, 0.25) is 0 Å². The van der Waals surface area contributed by atoms with Crippen LogP contribution in [0.5, 0.6) is 0 Å². The van der Waals surface area contributed by atoms with Crippen molar-refractivity contribution in [3.8, 4) is 0 Å². The van der Waals surface area contributed by atoms with Crippen LogP contribution in [0.2, 0.25) is 18.1 Å². The Morgan fingerprint density at radius 3 is 1.89 bits per heavy atom. The minimum Gasteiger partial charge on any atom is -0.481 e. The SMILES string of the molecule is C[C@H](O[Si](C)(C)C(C)(C)C)C(O)C1(C(=O)O)CCN(C(=O)OC(C)(C)C)CC1. The number of carbonyl (C=O) groups excluding carboxylic acids is 1. The standard InChI is InChI=1S/C20H39NO6Si/c1-14(27-28(8,9)19(5,6)7)15(22)20(16(23)24)10-12-21(13-11-20)17(25)26-18(2,3)4/h14-15,22H,10-13H2,1-9H3,(H,23,24)/t14-,15?/m0/s1. The van der Waals surface area contributed by atoms with Gasteiger partial charge in [-0.1, -0.05) is 20.8 Å². The van der Waals surface area contributed by atoms with Gasteiger partial charge in [-0.15, -0.1) is 0 Å². The van der Waals surface area contributed by atoms with Gasteiger partial charge in [-0.2, -0.15) is 0 Å². The second kappa shape index (κ2) is 8.32. The molecule has 1 saturated heterocycles. The molecule has 1 unspecified atom stereocenters. The molecule has 7 nitrogen and oxygen atoms in total. The average Bonchev–Trinajstić information content (AvgIpc) is 2.50. The van der Waals surface area contributed by atoms with Gasteiger partial charge < -0.3 is 24.3 Å². The molecule has 0 aliphatic carbocycles. The minimum absolute atomic E-state index is 0.0442. The van der Waals surface area contributed by atoms with Gasteiger partial charge in [0, 0.05) is 13.1 Å². The first-order valence-corrected chi connectivity index (χ1v) is 12.9. The number of aliphatic hydroxyl groups is 1. The molecule has 1 fully saturated rings. The molecule has 2 atom stereocenters. The first kappa shape index (κ1) is 24.9. The fraction of sp³-hybridized carbons (Fsp3) is 0.900. The third-order valence-corrected chi connectivity index (χ3v) is 10.6. The number of carboxylic acid groups (broad SMARTS) is 1. The molecule has 164 valence electrons. The van der Waals surface area contributed by atoms with Crippen molar-refractivity contribution >= 4 is 20.4 Å². The van der Waals surface area contributed by atoms with Gasteiger partial charge in [0.1, 0.15) is 5.60 Å². The smallest absolute Gasteiger partial charge is 0.410 e. The predicted octanol–water partition coefficient (Wildman–Crippen LogP) is 3.86. The number of amides is 1. The number of ether oxygens (including phenoxy) is 1. The maximum atomic E-state index is 12.3. The van der Waals surface area contributed by atoms with Crippen LogP contribution in [0.15, 0.2) is 0 Å². The van der Waals surface area contributed by atoms with Crippen molar-refractivity contribution in [2.24, 2.45) is 5.41 Å². The molecule has 0 bridgehead atoms. The van der Waals surface area contributed by atoms with Crippen LogP contribution in [-0.4, -0.2) is 66.4 Å². The van der Waals surface area contributed by atoms with E-state index in [0.29, 0.717) is 0 Å². The highest BCUT2D eigenvalue weighted by Crippen LogP contribution is 2.41. The summed E-state index contributed by atoms with van der Waals surface area (Å²) in [5, 5.41) is 20.9. The van der Waals surface area contributed by atoms with Crippen LogP contribution < -0.4 is 0 Å². The Morgan fingerprint density at radius 2 is 1.54 bits per heavy atom. The van der Waals surface area contributed by atoms with E-state index >= 15 is 0 Å². The van der Waals surface area contributed by atoms with Crippen molar-refractivity contribution in [3.05, 3.63) is 0 Å². The molecule has 8 heteroatoms. The fourth-order valence-corrected chi connectivity index (χ4v) is 4.62. The third kappa shape index (κ3) is 5.70. The van der Waals surface area contributed by atoms with Gasteiger partial charge in [0.05, 0.1) is 17.6 Å². The predicted molar refractivity (Wildman–Crippen MR) is 111 cm³/mol. The summed E-state index contributed by atoms with van der Waals surface area (Å²) in [5.74, 6) is -1.05. The monoisotopic (exact) mass is 417 g/mol. The normalized spacial score (nSPS) is 20.4. The fourth-order valence-electron chi connectivity index (χ4n) is 3.21. The van der Waals surface area contributed by atoms with E-state index in [-0.39, 0.29) is 31.0 Å². The van der Waals surface area contributed by atoms with Crippen molar-refractivity contribution in [1.82, 2.24) is 4.90 Å². The van der Waals surface area contributed by atoms with Crippen LogP contribution >= 0.6 is 0 Å². The van der Waals surface area contributed by atoms with Gasteiger partial charge in [0.25, 0.3) is 0 Å². The molecular formula is C20H39NO6Si. The average molecular weight is 418 g/mol. The summed E-state index contributed by atoms with van der Waals surface area (Å²) < 4.78 is 11.6. The van der Waals surface area contributed by atoms with Gasteiger partial charge in [-0.25, -0.2) is 4.79 Å². The summed E-state index contributed by atoms with van der Waals surface area (Å²) in [6.07, 6.45) is -1.89. The summed E-state index contributed by atoms with van der Waals surface area (Å²) >= 11 is 0. The maximum Gasteiger partial charge on any atom is 0.410 e. The molecule has 1 amide bonds. The molecule has 0 spiro atoms. The Bertz CT molecular complexity index is 570. The zero-order valence-corrected chi connectivity index (χ0v) is 20.0. The van der Waals surface area contributed by atoms with Crippen molar-refractivity contribution < 1.29 is 29.0 Å². The Hall–Kier alpha value is -1.12. The number of hydrogen-bond donors (Lipinski definition) is 2. The number of nitrogens with zero attached hydrogens (tertiary/aromatic N) is 1. The molecule has 0 aromatic carbocycles. The quantitative estimate of drug-likeness (QED) is 0.659. The highest BCUT2D eigenvalue weighted by molar-refractivity contribution is 6.74. The van der Waals surface area contributed by atoms with Gasteiger partial charge in [0.15, 0.2) is 8.32 Å². The van der Waals surface area contributed by atoms with E-state index in [0.717, 1.165) is 0 Å². The summed E-state index contributed by atoms with van der Waals surface area (Å²) in [4.78, 5) is 25.9. The lowest BCUT2D eigenvalue weighted by molar-refractivity contribution is -0.167. The largest absolute Gasteiger partial charge is 0.481 e. The summed E-state index contributed by atoms with van der Waals surface area (Å²) in [5.41, 5.74) is -1.94. The highest BCUT2D eigenvalue weighted by atomic mass is 28.4. The van der Waals surface area contributed by atoms with Gasteiger partial charge in [-0.05, 0) is 58.7 Å². The lowest BCUT2D eigenvalue weighted by atomic mass is 9.72. The van der Waals surface area contributed by atoms with E-state index in [9.17, 15) is 19.8 Å². The Morgan fingerprint density at radius 1 is 1.07 bits per heavy atom. The zero-order chi connectivity index (χ0) is 22.1. The van der Waals surface area contributed by atoms with E-state index in [1.54, 1.807) is 27.7 Å². The van der Waals surface area contributed by atoms with Crippen LogP contribution in [0, 0.1) is 5.41 Å². The van der Waals surface area contributed by atoms with Crippen LogP contribution in [-0.2, 0) is 14.0 Å². The number of hydrogen-bond acceptors (Lipinski definition) is 5. The number of carbonyl (C=O) groups is 2. The molecular weight excluding hydrogens is 378 g/mol. The number of piperidine rings is 1. The lowest BCUT2D eigenvalue weighted by Crippen LogP contribution is -2.57. The van der Waals surface area contributed by atoms with Crippen LogP contribution in [0.3, 0.4) is 0 Å². The molecule has 0 aromatic rings. The number of aliphatic hydroxyl groups excluding tert-OH is 1. The summed E-state index contributed by atoms with van der Waals surface area (Å²) in [7, 11) is -2.16. The van der Waals surface area contributed by atoms with Crippen molar-refractivity contribution in [2.75, 3.05) is 13.1 Å². The van der Waals surface area contributed by atoms with Crippen molar-refractivity contribution in [2.45, 2.75) is 97.2 Å². The van der Waals surface area contributed by atoms with E-state index in [4.69, 9.17) is 9.16 Å². The third-order valence-electron chi connectivity index (χ3n) is 6.03. The number of likely N-dealkylation sites (tertiary alicyclic amines) is 1. The lowest BCUT2D eigenvalue weighted by Gasteiger charge is -2.46. The summed E-state index contributed by atoms with van der Waals surface area (Å²) in [6, 6.07) is 0. The Kier molecular flexibility index (Phi) is 7.40. The van der Waals surface area contributed by atoms with Gasteiger partial charge in [-0.3, -0.25) is 4.79 Å². The van der Waals surface area contributed by atoms with Crippen LogP contribution in [0.25, 0.3) is 0 Å². The number of aliphatic carboxylic acids is 1. The van der Waals surface area contributed by atoms with Crippen molar-refractivity contribution in [1.29, 1.82) is 0 Å². The first-order chi connectivity index (χ1) is 12.4. The number of rotatable bonds is 5. The Labute approximate surface area is 170 Å². The van der Waals surface area contributed by atoms with E-state index in [1.807, 2.05) is 0 Å². The van der Waals surface area contributed by atoms with Gasteiger partial charge >= 0.3 is 12.1 Å². The molecule has 28 heavy (non-hydrogen) atoms. The molecule has 0 radical (unpaired) electrons. The molecule has 1 rings (SSSR count). The molecule has 0 saturated carbocycles. The second-order valence-electron chi connectivity index (χ2n) is 10.5. The maximum absolute atomic E-state index is 12.3. The molecule has 0 aromatic heterocycles. The van der Waals surface area contributed by atoms with Crippen LogP contribution in [0.4, 0.5) is 4.79 Å². The van der Waals surface area contributed by atoms with E-state index in [1.165, 1.54) is 4.90 Å². The number of carboxylic acids is 1.